The molecule has 0 fully saturated rings. The molecule has 4 aromatic carbocycles. The van der Waals surface area contributed by atoms with E-state index in [9.17, 15) is 0 Å². The standard InChI is InChI=1S/C31H31N/c1-23-20-26(11-9-10-25-16-17-27-18-19-28(27)22-25)21-24(2)31(23)32(29-12-5-3-6-13-29)30-14-7-4-8-15-30/h3-8,12-17,20-22H,9-11,18-19H2,1-2H3. The van der Waals surface area contributed by atoms with Gasteiger partial charge in [0.2, 0.25) is 0 Å². The molecule has 1 nitrogen and oxygen atoms in total. The van der Waals surface area contributed by atoms with Crippen LogP contribution in [0.25, 0.3) is 0 Å². The monoisotopic (exact) mass is 417 g/mol. The van der Waals surface area contributed by atoms with Crippen molar-refractivity contribution in [1.29, 1.82) is 0 Å². The SMILES string of the molecule is Cc1cc(CCCc2ccc3c(c2)CC3)cc(C)c1N(c1ccccc1)c1ccccc1. The molecule has 0 amide bonds. The van der Waals surface area contributed by atoms with E-state index in [4.69, 9.17) is 0 Å². The third-order valence-corrected chi connectivity index (χ3v) is 6.67. The summed E-state index contributed by atoms with van der Waals surface area (Å²) in [5.41, 5.74) is 12.4. The van der Waals surface area contributed by atoms with E-state index in [0.29, 0.717) is 0 Å². The van der Waals surface area contributed by atoms with Gasteiger partial charge in [-0.15, -0.1) is 0 Å². The number of para-hydroxylation sites is 2. The normalized spacial score (nSPS) is 12.2. The Kier molecular flexibility index (Phi) is 5.81. The lowest BCUT2D eigenvalue weighted by Crippen LogP contribution is -2.13. The molecular weight excluding hydrogens is 386 g/mol. The summed E-state index contributed by atoms with van der Waals surface area (Å²) in [6.45, 7) is 4.50. The van der Waals surface area contributed by atoms with Crippen molar-refractivity contribution >= 4 is 17.1 Å². The van der Waals surface area contributed by atoms with Crippen LogP contribution < -0.4 is 4.90 Å². The van der Waals surface area contributed by atoms with Gasteiger partial charge in [0.1, 0.15) is 0 Å². The molecule has 0 aromatic heterocycles. The second kappa shape index (κ2) is 9.04. The molecule has 0 N–H and O–H groups in total. The predicted octanol–water partition coefficient (Wildman–Crippen LogP) is 8.05. The number of hydrogen-bond donors (Lipinski definition) is 0. The lowest BCUT2D eigenvalue weighted by atomic mass is 9.86. The van der Waals surface area contributed by atoms with Crippen LogP contribution in [0.5, 0.6) is 0 Å². The van der Waals surface area contributed by atoms with Gasteiger partial charge in [-0.25, -0.2) is 0 Å². The molecular formula is C31H31N. The van der Waals surface area contributed by atoms with Gasteiger partial charge in [-0.3, -0.25) is 0 Å². The number of benzene rings is 4. The lowest BCUT2D eigenvalue weighted by molar-refractivity contribution is 0.798. The Bertz CT molecular complexity index is 1150. The van der Waals surface area contributed by atoms with Gasteiger partial charge in [0, 0.05) is 11.4 Å². The van der Waals surface area contributed by atoms with Gasteiger partial charge in [0.25, 0.3) is 0 Å². The third-order valence-electron chi connectivity index (χ3n) is 6.67. The summed E-state index contributed by atoms with van der Waals surface area (Å²) in [4.78, 5) is 2.38. The minimum Gasteiger partial charge on any atom is -0.310 e. The van der Waals surface area contributed by atoms with Crippen molar-refractivity contribution in [2.24, 2.45) is 0 Å². The molecule has 0 aliphatic heterocycles. The summed E-state index contributed by atoms with van der Waals surface area (Å²) in [5, 5.41) is 0. The summed E-state index contributed by atoms with van der Waals surface area (Å²) in [6, 6.07) is 33.2. The van der Waals surface area contributed by atoms with Crippen LogP contribution in [0, 0.1) is 13.8 Å². The highest BCUT2D eigenvalue weighted by atomic mass is 15.1. The highest BCUT2D eigenvalue weighted by Crippen LogP contribution is 2.39. The van der Waals surface area contributed by atoms with Crippen molar-refractivity contribution in [3.8, 4) is 0 Å². The maximum atomic E-state index is 2.43. The van der Waals surface area contributed by atoms with Gasteiger partial charge in [0.15, 0.2) is 0 Å². The van der Waals surface area contributed by atoms with E-state index in [1.165, 1.54) is 58.6 Å². The Balaban J connectivity index is 1.38. The van der Waals surface area contributed by atoms with E-state index >= 15 is 0 Å². The topological polar surface area (TPSA) is 3.24 Å². The van der Waals surface area contributed by atoms with Crippen LogP contribution in [0.15, 0.2) is 91.0 Å². The maximum absolute atomic E-state index is 2.43. The number of rotatable bonds is 7. The van der Waals surface area contributed by atoms with E-state index in [2.05, 4.69) is 110 Å². The summed E-state index contributed by atoms with van der Waals surface area (Å²) in [7, 11) is 0. The largest absolute Gasteiger partial charge is 0.310 e. The summed E-state index contributed by atoms with van der Waals surface area (Å²) >= 11 is 0. The molecule has 0 bridgehead atoms. The Morgan fingerprint density at radius 3 is 1.69 bits per heavy atom. The highest BCUT2D eigenvalue weighted by Gasteiger charge is 2.17. The Labute approximate surface area is 192 Å². The zero-order valence-electron chi connectivity index (χ0n) is 19.1. The summed E-state index contributed by atoms with van der Waals surface area (Å²) in [6.07, 6.45) is 6.01. The minimum absolute atomic E-state index is 1.12. The number of fused-ring (bicyclic) bond motifs is 1. The number of nitrogens with zero attached hydrogens (tertiary/aromatic N) is 1. The molecule has 0 atom stereocenters. The Morgan fingerprint density at radius 2 is 1.16 bits per heavy atom. The van der Waals surface area contributed by atoms with Crippen molar-refractivity contribution < 1.29 is 0 Å². The predicted molar refractivity (Wildman–Crippen MR) is 136 cm³/mol. The first-order valence-corrected chi connectivity index (χ1v) is 11.8. The second-order valence-electron chi connectivity index (χ2n) is 9.04. The van der Waals surface area contributed by atoms with Crippen LogP contribution in [0.1, 0.15) is 39.8 Å². The molecule has 0 spiro atoms. The van der Waals surface area contributed by atoms with Gasteiger partial charge >= 0.3 is 0 Å². The van der Waals surface area contributed by atoms with Gasteiger partial charge in [0.05, 0.1) is 5.69 Å². The second-order valence-corrected chi connectivity index (χ2v) is 9.04. The smallest absolute Gasteiger partial charge is 0.0520 e. The molecule has 160 valence electrons. The van der Waals surface area contributed by atoms with Gasteiger partial charge in [-0.2, -0.15) is 0 Å². The van der Waals surface area contributed by atoms with Crippen LogP contribution in [-0.2, 0) is 25.7 Å². The maximum Gasteiger partial charge on any atom is 0.0520 e. The Hall–Kier alpha value is -3.32. The van der Waals surface area contributed by atoms with E-state index in [1.807, 2.05) is 0 Å². The van der Waals surface area contributed by atoms with Crippen molar-refractivity contribution in [2.45, 2.75) is 46.0 Å². The van der Waals surface area contributed by atoms with Crippen molar-refractivity contribution in [1.82, 2.24) is 0 Å². The van der Waals surface area contributed by atoms with Gasteiger partial charge in [-0.05, 0) is 104 Å². The lowest BCUT2D eigenvalue weighted by Gasteiger charge is -2.29. The van der Waals surface area contributed by atoms with Crippen LogP contribution in [0.2, 0.25) is 0 Å². The summed E-state index contributed by atoms with van der Waals surface area (Å²) < 4.78 is 0. The van der Waals surface area contributed by atoms with Crippen LogP contribution >= 0.6 is 0 Å². The molecule has 32 heavy (non-hydrogen) atoms. The number of hydrogen-bond acceptors (Lipinski definition) is 1. The summed E-state index contributed by atoms with van der Waals surface area (Å²) in [5.74, 6) is 0. The van der Waals surface area contributed by atoms with E-state index in [-0.39, 0.29) is 0 Å². The van der Waals surface area contributed by atoms with Crippen LogP contribution in [0.3, 0.4) is 0 Å². The van der Waals surface area contributed by atoms with Gasteiger partial charge < -0.3 is 4.90 Å². The molecule has 0 unspecified atom stereocenters. The fourth-order valence-electron chi connectivity index (χ4n) is 5.00. The molecule has 0 saturated carbocycles. The van der Waals surface area contributed by atoms with Crippen LogP contribution in [0.4, 0.5) is 17.1 Å². The molecule has 0 saturated heterocycles. The molecule has 4 aromatic rings. The molecule has 0 heterocycles. The van der Waals surface area contributed by atoms with Crippen LogP contribution in [-0.4, -0.2) is 0 Å². The first-order chi connectivity index (χ1) is 15.7. The molecule has 1 aliphatic carbocycles. The van der Waals surface area contributed by atoms with Crippen molar-refractivity contribution in [3.63, 3.8) is 0 Å². The zero-order valence-corrected chi connectivity index (χ0v) is 19.1. The fraction of sp³-hybridized carbons (Fsp3) is 0.226. The highest BCUT2D eigenvalue weighted by molar-refractivity contribution is 5.80. The fourth-order valence-corrected chi connectivity index (χ4v) is 5.00. The average molecular weight is 418 g/mol. The van der Waals surface area contributed by atoms with E-state index < -0.39 is 0 Å². The van der Waals surface area contributed by atoms with Gasteiger partial charge in [-0.1, -0.05) is 66.7 Å². The van der Waals surface area contributed by atoms with Crippen molar-refractivity contribution in [2.75, 3.05) is 4.90 Å². The average Bonchev–Trinajstić information content (AvgIpc) is 2.79. The zero-order chi connectivity index (χ0) is 21.9. The first kappa shape index (κ1) is 20.6. The molecule has 0 radical (unpaired) electrons. The molecule has 1 aliphatic rings. The molecule has 1 heteroatoms. The first-order valence-electron chi connectivity index (χ1n) is 11.8. The van der Waals surface area contributed by atoms with Crippen molar-refractivity contribution in [3.05, 3.63) is 124 Å². The minimum atomic E-state index is 1.12. The number of aryl methyl sites for hydroxylation is 6. The quantitative estimate of drug-likeness (QED) is 0.294. The Morgan fingerprint density at radius 1 is 0.594 bits per heavy atom. The third kappa shape index (κ3) is 4.21. The van der Waals surface area contributed by atoms with E-state index in [0.717, 1.165) is 12.8 Å². The number of anilines is 3. The van der Waals surface area contributed by atoms with E-state index in [1.54, 1.807) is 11.1 Å². The molecule has 5 rings (SSSR count).